The van der Waals surface area contributed by atoms with Crippen molar-refractivity contribution in [3.05, 3.63) is 67.4 Å². The van der Waals surface area contributed by atoms with Gasteiger partial charge in [-0.25, -0.2) is 14.4 Å². The predicted octanol–water partition coefficient (Wildman–Crippen LogP) is 4.02. The van der Waals surface area contributed by atoms with Crippen LogP contribution in [0.3, 0.4) is 0 Å². The lowest BCUT2D eigenvalue weighted by molar-refractivity contribution is -0.128. The number of hydrogen-bond acceptors (Lipinski definition) is 9. The molecule has 0 saturated carbocycles. The Balaban J connectivity index is 1.02. The van der Waals surface area contributed by atoms with Crippen LogP contribution >= 0.6 is 0 Å². The van der Waals surface area contributed by atoms with Crippen molar-refractivity contribution >= 4 is 27.8 Å². The summed E-state index contributed by atoms with van der Waals surface area (Å²) in [5, 5.41) is 0. The molecule has 0 unspecified atom stereocenters. The lowest BCUT2D eigenvalue weighted by Crippen LogP contribution is -2.63. The smallest absolute Gasteiger partial charge is 0.282 e. The average Bonchev–Trinajstić information content (AvgIpc) is 3.59. The number of hydrogen-bond donors (Lipinski definition) is 0. The number of aromatic nitrogens is 2. The molecule has 0 aliphatic carbocycles. The van der Waals surface area contributed by atoms with Crippen LogP contribution < -0.4 is 9.64 Å². The zero-order valence-electron chi connectivity index (χ0n) is 31.4. The van der Waals surface area contributed by atoms with Crippen LogP contribution in [-0.4, -0.2) is 137 Å². The number of piperazine rings is 1. The summed E-state index contributed by atoms with van der Waals surface area (Å²) >= 11 is 0. The van der Waals surface area contributed by atoms with Gasteiger partial charge in [-0.1, -0.05) is 12.7 Å². The molecule has 0 N–H and O–H groups in total. The molecule has 6 rings (SSSR count). The second-order valence-electron chi connectivity index (χ2n) is 15.4. The number of anilines is 1. The van der Waals surface area contributed by atoms with Gasteiger partial charge in [-0.2, -0.15) is 17.0 Å². The largest absolute Gasteiger partial charge is 0.451 e. The second-order valence-corrected chi connectivity index (χ2v) is 17.4. The van der Waals surface area contributed by atoms with Gasteiger partial charge in [0.2, 0.25) is 5.91 Å². The van der Waals surface area contributed by atoms with E-state index in [0.29, 0.717) is 37.1 Å². The van der Waals surface area contributed by atoms with Gasteiger partial charge in [0.25, 0.3) is 16.1 Å². The van der Waals surface area contributed by atoms with Crippen LogP contribution in [0.5, 0.6) is 11.5 Å². The molecule has 13 nitrogen and oxygen atoms in total. The number of nitrogens with zero attached hydrogens (tertiary/aromatic N) is 8. The minimum Gasteiger partial charge on any atom is -0.451 e. The number of halogens is 1. The standard InChI is InChI=1S/C38H53FN8O5S/c1-7-31-23-45(17-18-46(31)35(48)8-2)53(50,51)44-15-12-38(13-16-44)24-42(25-38)21-29-11-14-43(22-29)36-34(20-40-26-41-36)52-33-10-9-30(39)19-32(33)37(49)47(27(3)4)28(5)6/h7-10,19-20,26-29,31H,1-2,11-18,21-25H2,3-6H3/t29-,31-/m0/s1. The third-order valence-electron chi connectivity index (χ3n) is 11.2. The lowest BCUT2D eigenvalue weighted by Gasteiger charge is -2.54. The summed E-state index contributed by atoms with van der Waals surface area (Å²) in [6, 6.07) is 3.45. The zero-order chi connectivity index (χ0) is 38.1. The number of ether oxygens (including phenoxy) is 1. The summed E-state index contributed by atoms with van der Waals surface area (Å²) in [4.78, 5) is 42.6. The second kappa shape index (κ2) is 15.8. The Labute approximate surface area is 313 Å². The van der Waals surface area contributed by atoms with E-state index < -0.39 is 16.0 Å². The molecule has 1 aromatic carbocycles. The molecule has 4 aliphatic heterocycles. The molecule has 53 heavy (non-hydrogen) atoms. The summed E-state index contributed by atoms with van der Waals surface area (Å²) in [6.45, 7) is 21.3. The van der Waals surface area contributed by atoms with Gasteiger partial charge >= 0.3 is 0 Å². The lowest BCUT2D eigenvalue weighted by atomic mass is 9.72. The molecule has 15 heteroatoms. The van der Waals surface area contributed by atoms with Crippen molar-refractivity contribution in [3.8, 4) is 11.5 Å². The minimum absolute atomic E-state index is 0.0823. The van der Waals surface area contributed by atoms with E-state index >= 15 is 0 Å². The van der Waals surface area contributed by atoms with Gasteiger partial charge in [0, 0.05) is 77.5 Å². The highest BCUT2D eigenvalue weighted by Gasteiger charge is 2.48. The quantitative estimate of drug-likeness (QED) is 0.234. The van der Waals surface area contributed by atoms with Crippen LogP contribution in [0, 0.1) is 17.2 Å². The number of carbonyl (C=O) groups is 2. The minimum atomic E-state index is -3.65. The molecule has 0 radical (unpaired) electrons. The average molecular weight is 753 g/mol. The predicted molar refractivity (Wildman–Crippen MR) is 201 cm³/mol. The van der Waals surface area contributed by atoms with Crippen molar-refractivity contribution < 1.29 is 27.1 Å². The van der Waals surface area contributed by atoms with Crippen LogP contribution in [0.1, 0.15) is 57.3 Å². The van der Waals surface area contributed by atoms with Crippen LogP contribution in [0.15, 0.2) is 56.0 Å². The molecule has 4 saturated heterocycles. The monoisotopic (exact) mass is 752 g/mol. The van der Waals surface area contributed by atoms with Crippen LogP contribution in [0.4, 0.5) is 10.2 Å². The van der Waals surface area contributed by atoms with E-state index in [-0.39, 0.29) is 59.8 Å². The van der Waals surface area contributed by atoms with Gasteiger partial charge in [-0.3, -0.25) is 9.59 Å². The van der Waals surface area contributed by atoms with Gasteiger partial charge in [0.05, 0.1) is 17.8 Å². The highest BCUT2D eigenvalue weighted by molar-refractivity contribution is 7.86. The molecule has 2 amide bonds. The molecular formula is C38H53FN8O5S. The van der Waals surface area contributed by atoms with Crippen molar-refractivity contribution in [1.29, 1.82) is 0 Å². The first kappa shape index (κ1) is 38.8. The van der Waals surface area contributed by atoms with Crippen molar-refractivity contribution in [3.63, 3.8) is 0 Å². The third kappa shape index (κ3) is 8.13. The van der Waals surface area contributed by atoms with Crippen molar-refractivity contribution in [2.75, 3.05) is 70.3 Å². The maximum Gasteiger partial charge on any atom is 0.282 e. The topological polar surface area (TPSA) is 123 Å². The number of piperidine rings is 1. The van der Waals surface area contributed by atoms with E-state index in [4.69, 9.17) is 4.74 Å². The van der Waals surface area contributed by atoms with Gasteiger partial charge < -0.3 is 24.3 Å². The molecule has 0 bridgehead atoms. The molecule has 5 heterocycles. The Morgan fingerprint density at radius 1 is 1.02 bits per heavy atom. The first-order valence-corrected chi connectivity index (χ1v) is 20.0. The maximum absolute atomic E-state index is 14.4. The number of carbonyl (C=O) groups excluding carboxylic acids is 2. The number of benzene rings is 1. The van der Waals surface area contributed by atoms with Crippen molar-refractivity contribution in [2.24, 2.45) is 11.3 Å². The normalized spacial score (nSPS) is 22.6. The highest BCUT2D eigenvalue weighted by atomic mass is 32.2. The summed E-state index contributed by atoms with van der Waals surface area (Å²) < 4.78 is 51.0. The first-order valence-electron chi connectivity index (χ1n) is 18.6. The van der Waals surface area contributed by atoms with Crippen molar-refractivity contribution in [1.82, 2.24) is 33.3 Å². The van der Waals surface area contributed by atoms with Gasteiger partial charge in [0.1, 0.15) is 17.9 Å². The van der Waals surface area contributed by atoms with Crippen molar-refractivity contribution in [2.45, 2.75) is 65.1 Å². The Kier molecular flexibility index (Phi) is 11.6. The molecule has 1 aromatic heterocycles. The Bertz CT molecular complexity index is 1780. The van der Waals surface area contributed by atoms with Crippen LogP contribution in [-0.2, 0) is 15.0 Å². The molecular weight excluding hydrogens is 700 g/mol. The van der Waals surface area contributed by atoms with E-state index in [1.807, 2.05) is 27.7 Å². The van der Waals surface area contributed by atoms with E-state index in [2.05, 4.69) is 32.9 Å². The fourth-order valence-corrected chi connectivity index (χ4v) is 10.2. The first-order chi connectivity index (χ1) is 25.2. The fraction of sp³-hybridized carbons (Fsp3) is 0.579. The zero-order valence-corrected chi connectivity index (χ0v) is 32.2. The Morgan fingerprint density at radius 3 is 2.40 bits per heavy atom. The summed E-state index contributed by atoms with van der Waals surface area (Å²) in [6.07, 6.45) is 8.58. The Hall–Kier alpha value is -3.92. The molecule has 2 aromatic rings. The Morgan fingerprint density at radius 2 is 1.74 bits per heavy atom. The molecule has 2 atom stereocenters. The number of rotatable bonds is 12. The summed E-state index contributed by atoms with van der Waals surface area (Å²) in [5.74, 6) is 0.671. The van der Waals surface area contributed by atoms with E-state index in [1.54, 1.807) is 26.4 Å². The number of amides is 2. The molecule has 4 aliphatic rings. The molecule has 288 valence electrons. The SMILES string of the molecule is C=CC(=O)N1CCN(S(=O)(=O)N2CCC3(CC2)CN(C[C@@H]2CCN(c4ncncc4Oc4ccc(F)cc4C(=O)N(C(C)C)C(C)C)C2)C3)C[C@@H]1C=C. The van der Waals surface area contributed by atoms with Gasteiger partial charge in [-0.15, -0.1) is 6.58 Å². The summed E-state index contributed by atoms with van der Waals surface area (Å²) in [7, 11) is -3.65. The highest BCUT2D eigenvalue weighted by Crippen LogP contribution is 2.42. The van der Waals surface area contributed by atoms with E-state index in [1.165, 1.54) is 34.9 Å². The van der Waals surface area contributed by atoms with Gasteiger partial charge in [0.15, 0.2) is 11.6 Å². The summed E-state index contributed by atoms with van der Waals surface area (Å²) in [5.41, 5.74) is 0.277. The van der Waals surface area contributed by atoms with Crippen LogP contribution in [0.2, 0.25) is 0 Å². The van der Waals surface area contributed by atoms with E-state index in [0.717, 1.165) is 52.0 Å². The molecule has 1 spiro atoms. The fourth-order valence-electron chi connectivity index (χ4n) is 8.53. The van der Waals surface area contributed by atoms with Crippen LogP contribution in [0.25, 0.3) is 0 Å². The maximum atomic E-state index is 14.4. The van der Waals surface area contributed by atoms with Gasteiger partial charge in [-0.05, 0) is 82.6 Å². The number of likely N-dealkylation sites (tertiary alicyclic amines) is 1. The third-order valence-corrected chi connectivity index (χ3v) is 13.2. The van der Waals surface area contributed by atoms with E-state index in [9.17, 15) is 22.4 Å². The molecule has 4 fully saturated rings.